The van der Waals surface area contributed by atoms with Crippen molar-refractivity contribution in [1.82, 2.24) is 9.78 Å². The molecule has 0 fully saturated rings. The number of carbonyl (C=O) groups excluding carboxylic acids is 1. The van der Waals surface area contributed by atoms with Gasteiger partial charge >= 0.3 is 11.9 Å². The minimum Gasteiger partial charge on any atom is -0.476 e. The number of hydrogen-bond donors (Lipinski definition) is 1. The van der Waals surface area contributed by atoms with Crippen LogP contribution in [0.1, 0.15) is 26.5 Å². The van der Waals surface area contributed by atoms with Crippen LogP contribution in [0.2, 0.25) is 10.0 Å². The van der Waals surface area contributed by atoms with Crippen LogP contribution in [0.4, 0.5) is 0 Å². The van der Waals surface area contributed by atoms with Gasteiger partial charge in [0, 0.05) is 0 Å². The van der Waals surface area contributed by atoms with Gasteiger partial charge in [-0.25, -0.2) is 14.3 Å². The first-order valence-electron chi connectivity index (χ1n) is 6.19. The minimum absolute atomic E-state index is 0.116. The molecule has 9 heteroatoms. The number of ether oxygens (including phenoxy) is 1. The molecule has 120 valence electrons. The smallest absolute Gasteiger partial charge is 0.360 e. The molecule has 1 N–H and O–H groups in total. The fourth-order valence-corrected chi connectivity index (χ4v) is 2.25. The number of methoxy groups -OCH3 is 1. The number of rotatable bonds is 3. The molecule has 0 aliphatic carbocycles. The third-order valence-electron chi connectivity index (χ3n) is 3.06. The van der Waals surface area contributed by atoms with Crippen molar-refractivity contribution in [2.24, 2.45) is 0 Å². The summed E-state index contributed by atoms with van der Waals surface area (Å²) in [5.41, 5.74) is -1.78. The number of carbonyl (C=O) groups is 2. The number of aromatic carboxylic acids is 1. The van der Waals surface area contributed by atoms with Gasteiger partial charge in [0.25, 0.3) is 0 Å². The second-order valence-electron chi connectivity index (χ2n) is 4.45. The Morgan fingerprint density at radius 1 is 1.26 bits per heavy atom. The molecule has 0 atom stereocenters. The summed E-state index contributed by atoms with van der Waals surface area (Å²) in [6, 6.07) is 4.43. The first kappa shape index (κ1) is 17.0. The number of halogens is 2. The highest BCUT2D eigenvalue weighted by atomic mass is 35.5. The summed E-state index contributed by atoms with van der Waals surface area (Å²) in [7, 11) is 1.09. The molecule has 0 saturated carbocycles. The van der Waals surface area contributed by atoms with Crippen molar-refractivity contribution in [3.63, 3.8) is 0 Å². The van der Waals surface area contributed by atoms with Gasteiger partial charge in [-0.05, 0) is 25.1 Å². The van der Waals surface area contributed by atoms with Crippen molar-refractivity contribution in [1.29, 1.82) is 0 Å². The Bertz CT molecular complexity index is 876. The van der Waals surface area contributed by atoms with E-state index in [4.69, 9.17) is 28.3 Å². The summed E-state index contributed by atoms with van der Waals surface area (Å²) < 4.78 is 5.67. The Hall–Kier alpha value is -2.38. The van der Waals surface area contributed by atoms with E-state index >= 15 is 0 Å². The van der Waals surface area contributed by atoms with Crippen molar-refractivity contribution >= 4 is 35.1 Å². The molecular weight excluding hydrogens is 347 g/mol. The van der Waals surface area contributed by atoms with Crippen molar-refractivity contribution in [2.75, 3.05) is 7.11 Å². The maximum atomic E-state index is 12.1. The fourth-order valence-electron chi connectivity index (χ4n) is 1.96. The number of carboxylic acids is 1. The summed E-state index contributed by atoms with van der Waals surface area (Å²) >= 11 is 11.8. The van der Waals surface area contributed by atoms with Gasteiger partial charge in [-0.3, -0.25) is 4.79 Å². The molecule has 0 spiro atoms. The molecule has 2 rings (SSSR count). The number of nitrogens with zero attached hydrogens (tertiary/aromatic N) is 2. The van der Waals surface area contributed by atoms with Gasteiger partial charge in [0.1, 0.15) is 5.56 Å². The molecule has 7 nitrogen and oxygen atoms in total. The molecule has 0 aliphatic heterocycles. The number of esters is 1. The first-order valence-corrected chi connectivity index (χ1v) is 6.94. The lowest BCUT2D eigenvalue weighted by molar-refractivity contribution is 0.0597. The molecule has 2 aromatic rings. The van der Waals surface area contributed by atoms with Crippen LogP contribution in [-0.4, -0.2) is 33.9 Å². The molecular formula is C14H10Cl2N2O5. The SMILES string of the molecule is COC(=O)c1c(C)n(-c2ccc(Cl)c(Cl)c2)nc(C(=O)O)c1=O. The Morgan fingerprint density at radius 2 is 1.91 bits per heavy atom. The summed E-state index contributed by atoms with van der Waals surface area (Å²) in [5.74, 6) is -2.51. The zero-order valence-electron chi connectivity index (χ0n) is 12.0. The van der Waals surface area contributed by atoms with Gasteiger partial charge in [0.05, 0.1) is 28.5 Å². The van der Waals surface area contributed by atoms with Crippen LogP contribution in [0.5, 0.6) is 0 Å². The molecule has 1 heterocycles. The third kappa shape index (κ3) is 3.06. The molecule has 23 heavy (non-hydrogen) atoms. The fraction of sp³-hybridized carbons (Fsp3) is 0.143. The maximum absolute atomic E-state index is 12.1. The van der Waals surface area contributed by atoms with E-state index in [1.165, 1.54) is 25.1 Å². The highest BCUT2D eigenvalue weighted by molar-refractivity contribution is 6.42. The highest BCUT2D eigenvalue weighted by Gasteiger charge is 2.25. The van der Waals surface area contributed by atoms with E-state index < -0.39 is 28.6 Å². The Morgan fingerprint density at radius 3 is 2.43 bits per heavy atom. The molecule has 0 bridgehead atoms. The van der Waals surface area contributed by atoms with Gasteiger partial charge < -0.3 is 9.84 Å². The molecule has 0 unspecified atom stereocenters. The van der Waals surface area contributed by atoms with E-state index in [-0.39, 0.29) is 10.7 Å². The topological polar surface area (TPSA) is 98.5 Å². The van der Waals surface area contributed by atoms with Crippen LogP contribution < -0.4 is 5.43 Å². The lowest BCUT2D eigenvalue weighted by Crippen LogP contribution is -2.30. The zero-order valence-corrected chi connectivity index (χ0v) is 13.5. The monoisotopic (exact) mass is 356 g/mol. The van der Waals surface area contributed by atoms with E-state index in [0.29, 0.717) is 10.7 Å². The van der Waals surface area contributed by atoms with Crippen LogP contribution in [-0.2, 0) is 4.74 Å². The quantitative estimate of drug-likeness (QED) is 0.847. The maximum Gasteiger partial charge on any atom is 0.360 e. The third-order valence-corrected chi connectivity index (χ3v) is 3.80. The highest BCUT2D eigenvalue weighted by Crippen LogP contribution is 2.25. The second-order valence-corrected chi connectivity index (χ2v) is 5.26. The summed E-state index contributed by atoms with van der Waals surface area (Å²) in [6.45, 7) is 1.44. The van der Waals surface area contributed by atoms with Crippen LogP contribution in [0.25, 0.3) is 5.69 Å². The largest absolute Gasteiger partial charge is 0.476 e. The Kier molecular flexibility index (Phi) is 4.72. The molecule has 0 amide bonds. The Labute approximate surface area is 140 Å². The van der Waals surface area contributed by atoms with Crippen molar-refractivity contribution < 1.29 is 19.4 Å². The van der Waals surface area contributed by atoms with Crippen LogP contribution in [0.3, 0.4) is 0 Å². The van der Waals surface area contributed by atoms with E-state index in [9.17, 15) is 14.4 Å². The summed E-state index contributed by atoms with van der Waals surface area (Å²) in [4.78, 5) is 35.2. The van der Waals surface area contributed by atoms with E-state index in [1.54, 1.807) is 0 Å². The minimum atomic E-state index is -1.56. The lowest BCUT2D eigenvalue weighted by atomic mass is 10.1. The van der Waals surface area contributed by atoms with Gasteiger partial charge in [-0.1, -0.05) is 23.2 Å². The average molecular weight is 357 g/mol. The summed E-state index contributed by atoms with van der Waals surface area (Å²) in [6.07, 6.45) is 0. The van der Waals surface area contributed by atoms with E-state index in [2.05, 4.69) is 9.84 Å². The lowest BCUT2D eigenvalue weighted by Gasteiger charge is -2.14. The molecule has 1 aromatic heterocycles. The Balaban J connectivity index is 2.85. The van der Waals surface area contributed by atoms with Crippen molar-refractivity contribution in [3.05, 3.63) is 55.4 Å². The number of carboxylic acid groups (broad SMARTS) is 1. The predicted molar refractivity (Wildman–Crippen MR) is 82.9 cm³/mol. The number of aromatic nitrogens is 2. The number of benzene rings is 1. The van der Waals surface area contributed by atoms with Crippen LogP contribution >= 0.6 is 23.2 Å². The molecule has 0 aliphatic rings. The van der Waals surface area contributed by atoms with Crippen molar-refractivity contribution in [2.45, 2.75) is 6.92 Å². The van der Waals surface area contributed by atoms with Gasteiger partial charge in [0.2, 0.25) is 11.1 Å². The molecule has 1 aromatic carbocycles. The van der Waals surface area contributed by atoms with E-state index in [1.807, 2.05) is 0 Å². The average Bonchev–Trinajstić information content (AvgIpc) is 2.49. The normalized spacial score (nSPS) is 10.4. The van der Waals surface area contributed by atoms with Gasteiger partial charge in [-0.15, -0.1) is 0 Å². The van der Waals surface area contributed by atoms with Crippen LogP contribution in [0.15, 0.2) is 23.0 Å². The molecule has 0 saturated heterocycles. The standard InChI is InChI=1S/C14H10Cl2N2O5/c1-6-10(14(22)23-2)12(19)11(13(20)21)17-18(6)7-3-4-8(15)9(16)5-7/h3-5H,1-2H3,(H,20,21). The van der Waals surface area contributed by atoms with Crippen molar-refractivity contribution in [3.8, 4) is 5.69 Å². The van der Waals surface area contributed by atoms with E-state index in [0.717, 1.165) is 11.8 Å². The summed E-state index contributed by atoms with van der Waals surface area (Å²) in [5, 5.41) is 13.4. The second kappa shape index (κ2) is 6.39. The zero-order chi connectivity index (χ0) is 17.3. The first-order chi connectivity index (χ1) is 10.8. The predicted octanol–water partition coefficient (Wildman–Crippen LogP) is 2.33. The number of hydrogen-bond acceptors (Lipinski definition) is 5. The van der Waals surface area contributed by atoms with Crippen LogP contribution in [0, 0.1) is 6.92 Å². The molecule has 0 radical (unpaired) electrons. The van der Waals surface area contributed by atoms with Gasteiger partial charge in [-0.2, -0.15) is 5.10 Å². The van der Waals surface area contributed by atoms with Gasteiger partial charge in [0.15, 0.2) is 0 Å².